The van der Waals surface area contributed by atoms with Crippen LogP contribution in [0.3, 0.4) is 0 Å². The number of halogens is 1. The maximum absolute atomic E-state index is 12.5. The van der Waals surface area contributed by atoms with E-state index in [4.69, 9.17) is 21.1 Å². The third kappa shape index (κ3) is 3.57. The number of rotatable bonds is 4. The van der Waals surface area contributed by atoms with Crippen LogP contribution in [0.15, 0.2) is 36.4 Å². The lowest BCUT2D eigenvalue weighted by Crippen LogP contribution is -2.15. The Bertz CT molecular complexity index is 1090. The first-order chi connectivity index (χ1) is 14.4. The number of ether oxygens (including phenoxy) is 2. The number of fused-ring (bicyclic) bond motifs is 1. The fourth-order valence-corrected chi connectivity index (χ4v) is 4.77. The van der Waals surface area contributed by atoms with Crippen LogP contribution < -0.4 is 14.8 Å². The van der Waals surface area contributed by atoms with E-state index in [1.807, 2.05) is 19.1 Å². The molecule has 1 atom stereocenters. The monoisotopic (exact) mass is 445 g/mol. The van der Waals surface area contributed by atoms with Gasteiger partial charge in [0.25, 0.3) is 0 Å². The van der Waals surface area contributed by atoms with Gasteiger partial charge in [-0.3, -0.25) is 4.79 Å². The van der Waals surface area contributed by atoms with Crippen molar-refractivity contribution < 1.29 is 19.4 Å². The lowest BCUT2D eigenvalue weighted by Gasteiger charge is -2.18. The molecule has 156 valence electrons. The van der Waals surface area contributed by atoms with Crippen molar-refractivity contribution in [3.8, 4) is 22.9 Å². The van der Waals surface area contributed by atoms with Crippen LogP contribution in [0.2, 0.25) is 5.02 Å². The van der Waals surface area contributed by atoms with Gasteiger partial charge in [-0.15, -0.1) is 11.8 Å². The summed E-state index contributed by atoms with van der Waals surface area (Å²) in [6, 6.07) is 10.8. The van der Waals surface area contributed by atoms with Crippen LogP contribution in [0.1, 0.15) is 22.1 Å². The maximum atomic E-state index is 12.5. The zero-order chi connectivity index (χ0) is 21.4. The molecule has 1 aliphatic rings. The molecule has 1 aliphatic heterocycles. The van der Waals surface area contributed by atoms with Gasteiger partial charge in [-0.05, 0) is 48.9 Å². The van der Waals surface area contributed by atoms with Crippen molar-refractivity contribution in [1.29, 1.82) is 0 Å². The Morgan fingerprint density at radius 3 is 2.43 bits per heavy atom. The molecule has 0 saturated carbocycles. The minimum atomic E-state index is -0.219. The van der Waals surface area contributed by atoms with Crippen LogP contribution in [-0.4, -0.2) is 40.8 Å². The number of phenols is 1. The van der Waals surface area contributed by atoms with E-state index in [9.17, 15) is 9.90 Å². The van der Waals surface area contributed by atoms with Gasteiger partial charge < -0.3 is 19.9 Å². The summed E-state index contributed by atoms with van der Waals surface area (Å²) in [6.07, 6.45) is 0. The van der Waals surface area contributed by atoms with Crippen molar-refractivity contribution in [2.45, 2.75) is 12.2 Å². The van der Waals surface area contributed by atoms with Crippen LogP contribution in [0.5, 0.6) is 17.2 Å². The standard InChI is InChI=1S/C21H20ClN3O4S/c1-11-18-20(12-8-15(28-2)19(27)16(9-12)29-3)30-10-17(26)23-21(18)25(24-11)14-6-4-13(22)5-7-14/h4-9,20,27H,10H2,1-3H3,(H,23,26)/t20-/m1/s1. The number of phenolic OH excluding ortho intramolecular Hbond substituents is 1. The number of carbonyl (C=O) groups is 1. The lowest BCUT2D eigenvalue weighted by atomic mass is 10.0. The molecule has 2 N–H and O–H groups in total. The highest BCUT2D eigenvalue weighted by molar-refractivity contribution is 8.00. The topological polar surface area (TPSA) is 85.6 Å². The van der Waals surface area contributed by atoms with Crippen molar-refractivity contribution in [2.75, 3.05) is 25.3 Å². The Morgan fingerprint density at radius 2 is 1.83 bits per heavy atom. The molecular weight excluding hydrogens is 426 g/mol. The molecule has 1 aromatic heterocycles. The zero-order valence-electron chi connectivity index (χ0n) is 16.6. The van der Waals surface area contributed by atoms with Crippen LogP contribution in [0.4, 0.5) is 5.82 Å². The first-order valence-electron chi connectivity index (χ1n) is 9.14. The van der Waals surface area contributed by atoms with E-state index < -0.39 is 0 Å². The van der Waals surface area contributed by atoms with E-state index in [0.717, 1.165) is 22.5 Å². The number of nitrogens with one attached hydrogen (secondary N) is 1. The van der Waals surface area contributed by atoms with Gasteiger partial charge in [-0.2, -0.15) is 5.10 Å². The molecule has 0 unspecified atom stereocenters. The van der Waals surface area contributed by atoms with Crippen molar-refractivity contribution in [1.82, 2.24) is 9.78 Å². The van der Waals surface area contributed by atoms with Crippen LogP contribution in [0.25, 0.3) is 5.69 Å². The summed E-state index contributed by atoms with van der Waals surface area (Å²) in [5.74, 6) is 1.31. The second-order valence-electron chi connectivity index (χ2n) is 6.75. The lowest BCUT2D eigenvalue weighted by molar-refractivity contribution is -0.113. The molecule has 0 radical (unpaired) electrons. The molecule has 7 nitrogen and oxygen atoms in total. The molecule has 9 heteroatoms. The number of nitrogens with zero attached hydrogens (tertiary/aromatic N) is 2. The summed E-state index contributed by atoms with van der Waals surface area (Å²) >= 11 is 7.50. The Morgan fingerprint density at radius 1 is 1.20 bits per heavy atom. The van der Waals surface area contributed by atoms with E-state index >= 15 is 0 Å². The van der Waals surface area contributed by atoms with Crippen molar-refractivity contribution >= 4 is 35.1 Å². The fraction of sp³-hybridized carbons (Fsp3) is 0.238. The molecule has 0 saturated heterocycles. The molecule has 0 spiro atoms. The van der Waals surface area contributed by atoms with Crippen molar-refractivity contribution in [3.63, 3.8) is 0 Å². The molecule has 2 heterocycles. The first-order valence-corrected chi connectivity index (χ1v) is 10.6. The Kier molecular flexibility index (Phi) is 5.53. The number of thioether (sulfide) groups is 1. The number of benzene rings is 2. The Labute approximate surface area is 182 Å². The summed E-state index contributed by atoms with van der Waals surface area (Å²) in [7, 11) is 2.97. The normalized spacial score (nSPS) is 15.9. The average Bonchev–Trinajstić information content (AvgIpc) is 2.94. The summed E-state index contributed by atoms with van der Waals surface area (Å²) in [4.78, 5) is 12.5. The smallest absolute Gasteiger partial charge is 0.235 e. The quantitative estimate of drug-likeness (QED) is 0.621. The molecule has 2 aromatic carbocycles. The summed E-state index contributed by atoms with van der Waals surface area (Å²) in [6.45, 7) is 1.91. The second kappa shape index (κ2) is 8.12. The predicted octanol–water partition coefficient (Wildman–Crippen LogP) is 4.33. The Balaban J connectivity index is 1.90. The summed E-state index contributed by atoms with van der Waals surface area (Å²) < 4.78 is 12.4. The highest BCUT2D eigenvalue weighted by Gasteiger charge is 2.31. The summed E-state index contributed by atoms with van der Waals surface area (Å²) in [5.41, 5.74) is 3.29. The number of hydrogen-bond acceptors (Lipinski definition) is 6. The molecule has 3 aromatic rings. The SMILES string of the molecule is COc1cc([C@H]2SCC(=O)Nc3c2c(C)nn3-c2ccc(Cl)cc2)cc(OC)c1O. The van der Waals surface area contributed by atoms with Crippen molar-refractivity contribution in [2.24, 2.45) is 0 Å². The zero-order valence-corrected chi connectivity index (χ0v) is 18.2. The maximum Gasteiger partial charge on any atom is 0.235 e. The predicted molar refractivity (Wildman–Crippen MR) is 117 cm³/mol. The highest BCUT2D eigenvalue weighted by Crippen LogP contribution is 2.48. The van der Waals surface area contributed by atoms with Gasteiger partial charge in [0.05, 0.1) is 36.6 Å². The van der Waals surface area contributed by atoms with Gasteiger partial charge >= 0.3 is 0 Å². The summed E-state index contributed by atoms with van der Waals surface area (Å²) in [5, 5.41) is 18.4. The molecule has 0 bridgehead atoms. The molecule has 30 heavy (non-hydrogen) atoms. The van der Waals surface area contributed by atoms with Gasteiger partial charge in [-0.1, -0.05) is 11.6 Å². The number of amides is 1. The van der Waals surface area contributed by atoms with Gasteiger partial charge in [-0.25, -0.2) is 4.68 Å². The Hall–Kier alpha value is -2.84. The first kappa shape index (κ1) is 20.4. The number of aromatic nitrogens is 2. The van der Waals surface area contributed by atoms with Gasteiger partial charge in [0.1, 0.15) is 5.82 Å². The minimum absolute atomic E-state index is 0.0645. The molecule has 1 amide bonds. The van der Waals surface area contributed by atoms with Crippen LogP contribution in [-0.2, 0) is 4.79 Å². The van der Waals surface area contributed by atoms with E-state index in [1.54, 1.807) is 28.9 Å². The number of methoxy groups -OCH3 is 2. The van der Waals surface area contributed by atoms with Crippen molar-refractivity contribution in [3.05, 3.63) is 58.2 Å². The van der Waals surface area contributed by atoms with E-state index in [0.29, 0.717) is 22.3 Å². The number of carbonyl (C=O) groups excluding carboxylic acids is 1. The van der Waals surface area contributed by atoms with Crippen LogP contribution >= 0.6 is 23.4 Å². The van der Waals surface area contributed by atoms with Gasteiger partial charge in [0.15, 0.2) is 11.5 Å². The third-order valence-corrected chi connectivity index (χ3v) is 6.41. The van der Waals surface area contributed by atoms with Gasteiger partial charge in [0, 0.05) is 10.6 Å². The number of anilines is 1. The molecular formula is C21H20ClN3O4S. The average molecular weight is 446 g/mol. The highest BCUT2D eigenvalue weighted by atomic mass is 35.5. The van der Waals surface area contributed by atoms with E-state index in [2.05, 4.69) is 10.4 Å². The minimum Gasteiger partial charge on any atom is -0.502 e. The molecule has 4 rings (SSSR count). The number of aromatic hydroxyl groups is 1. The second-order valence-corrected chi connectivity index (χ2v) is 8.28. The molecule has 0 fully saturated rings. The third-order valence-electron chi connectivity index (χ3n) is 4.88. The molecule has 0 aliphatic carbocycles. The largest absolute Gasteiger partial charge is 0.502 e. The fourth-order valence-electron chi connectivity index (χ4n) is 3.48. The number of hydrogen-bond donors (Lipinski definition) is 2. The number of aryl methyl sites for hydroxylation is 1. The van der Waals surface area contributed by atoms with E-state index in [-0.39, 0.29) is 22.7 Å². The van der Waals surface area contributed by atoms with Gasteiger partial charge in [0.2, 0.25) is 11.7 Å². The van der Waals surface area contributed by atoms with E-state index in [1.165, 1.54) is 26.0 Å². The van der Waals surface area contributed by atoms with Crippen LogP contribution in [0, 0.1) is 6.92 Å².